The van der Waals surface area contributed by atoms with Gasteiger partial charge in [-0.3, -0.25) is 49.2 Å². The molecule has 8 atom stereocenters. The fourth-order valence-corrected chi connectivity index (χ4v) is 8.90. The van der Waals surface area contributed by atoms with Crippen LogP contribution in [0.5, 0.6) is 0 Å². The number of aliphatic hydroxyl groups is 1. The van der Waals surface area contributed by atoms with E-state index in [1.807, 2.05) is 0 Å². The molecular weight excluding hydrogens is 911 g/mol. The van der Waals surface area contributed by atoms with Gasteiger partial charge in [-0.25, -0.2) is 0 Å². The summed E-state index contributed by atoms with van der Waals surface area (Å²) in [6.07, 6.45) is -0.873. The van der Waals surface area contributed by atoms with E-state index >= 15 is 0 Å². The van der Waals surface area contributed by atoms with E-state index in [2.05, 4.69) is 47.9 Å². The predicted octanol–water partition coefficient (Wildman–Crippen LogP) is -3.80. The largest absolute Gasteiger partial charge is 0.393 e. The molecule has 1 aliphatic rings. The summed E-state index contributed by atoms with van der Waals surface area (Å²) in [6, 6.07) is 0.807. The van der Waals surface area contributed by atoms with Gasteiger partial charge in [0.25, 0.3) is 0 Å². The lowest BCUT2D eigenvalue weighted by molar-refractivity contribution is -0.136. The van der Waals surface area contributed by atoms with E-state index in [4.69, 9.17) is 33.8 Å². The number of rotatable bonds is 20. The highest BCUT2D eigenvalue weighted by molar-refractivity contribution is 8.77. The van der Waals surface area contributed by atoms with Crippen LogP contribution in [-0.2, 0) is 44.8 Å². The first-order valence-electron chi connectivity index (χ1n) is 21.8. The number of guanidine groups is 2. The number of hydrogen-bond acceptors (Lipinski definition) is 14. The summed E-state index contributed by atoms with van der Waals surface area (Å²) in [5, 5.41) is 48.1. The number of aliphatic hydroxyl groups excluding tert-OH is 1. The molecule has 8 amide bonds. The maximum absolute atomic E-state index is 14.2. The molecule has 2 rings (SSSR count). The number of amides is 8. The molecule has 0 saturated carbocycles. The Hall–Kier alpha value is -5.86. The third-order valence-electron chi connectivity index (χ3n) is 10.3. The Bertz CT molecular complexity index is 1880. The van der Waals surface area contributed by atoms with Gasteiger partial charge in [0.05, 0.1) is 25.1 Å². The lowest BCUT2D eigenvalue weighted by Gasteiger charge is -2.28. The van der Waals surface area contributed by atoms with E-state index in [9.17, 15) is 43.5 Å². The molecule has 67 heavy (non-hydrogen) atoms. The third-order valence-corrected chi connectivity index (χ3v) is 13.6. The number of primary amides is 1. The molecule has 1 aromatic rings. The van der Waals surface area contributed by atoms with Crippen molar-refractivity contribution >= 4 is 80.8 Å². The number of hydrogen-bond donors (Lipinski definition) is 16. The lowest BCUT2D eigenvalue weighted by Crippen LogP contribution is -2.59. The molecule has 0 aliphatic carbocycles. The van der Waals surface area contributed by atoms with Gasteiger partial charge in [-0.2, -0.15) is 0 Å². The highest BCUT2D eigenvalue weighted by atomic mass is 33.1. The molecular formula is C41H69N15O9S2. The van der Waals surface area contributed by atoms with Crippen molar-refractivity contribution in [2.24, 2.45) is 28.9 Å². The standard InChI is InChI=1S/C41H69N15O9S2/c1-22(23(2)57)16-25(42)34(61)56-30-20-66-67-41(3,4)21-51-31(58)18-29(55-37(64)28(17-24-10-6-5-7-11-24)52-32(59)19-50-35(30)62)38(65)54-27(13-9-15-49-40(46)47)36(63)53-26(33(43)60)12-8-14-48-39(44)45/h5-7,10-11,22-23,25-30,57H,8-9,12-21,42H2,1-4H3,(H2,43,60)(H,50,62)(H,51,58)(H,52,59)(H,53,63)(H,54,65)(H,55,64)(H,56,61)(H4,44,45,48)(H4,46,47,49)/t22-,23?,25+,26+,27+,28+,29-,30+/m1/s1. The average molecular weight is 980 g/mol. The molecule has 0 aromatic heterocycles. The smallest absolute Gasteiger partial charge is 0.243 e. The summed E-state index contributed by atoms with van der Waals surface area (Å²) >= 11 is 0. The fourth-order valence-electron chi connectivity index (χ4n) is 6.26. The van der Waals surface area contributed by atoms with Gasteiger partial charge >= 0.3 is 0 Å². The Morgan fingerprint density at radius 1 is 0.851 bits per heavy atom. The van der Waals surface area contributed by atoms with Crippen LogP contribution in [0.2, 0.25) is 0 Å². The Kier molecular flexibility index (Phi) is 24.8. The minimum Gasteiger partial charge on any atom is -0.393 e. The first kappa shape index (κ1) is 57.3. The Morgan fingerprint density at radius 2 is 1.46 bits per heavy atom. The van der Waals surface area contributed by atoms with E-state index < -0.39 is 107 Å². The molecule has 1 heterocycles. The van der Waals surface area contributed by atoms with Gasteiger partial charge < -0.3 is 75.9 Å². The van der Waals surface area contributed by atoms with Gasteiger partial charge in [0.15, 0.2) is 11.9 Å². The van der Waals surface area contributed by atoms with Crippen molar-refractivity contribution in [1.29, 1.82) is 10.8 Å². The maximum Gasteiger partial charge on any atom is 0.243 e. The highest BCUT2D eigenvalue weighted by Gasteiger charge is 2.34. The van der Waals surface area contributed by atoms with Crippen LogP contribution in [0.4, 0.5) is 0 Å². The van der Waals surface area contributed by atoms with Crippen molar-refractivity contribution in [3.8, 4) is 0 Å². The molecule has 0 bridgehead atoms. The normalized spacial score (nSPS) is 20.7. The fraction of sp³-hybridized carbons (Fsp3) is 0.610. The number of nitrogens with two attached hydrogens (primary N) is 4. The SMILES string of the molecule is CC(O)[C@H](C)C[C@H](N)C(=O)N[C@H]1CSSC(C)(C)CNC(=O)C[C@H](C(=O)N[C@@H](CCCNC(=N)N)C(=O)N[C@@H](CCCNC(=N)N)C(N)=O)NC(=O)[C@H](Cc2ccccc2)NC(=O)CNC1=O. The van der Waals surface area contributed by atoms with Crippen LogP contribution in [0, 0.1) is 16.7 Å². The molecule has 1 saturated heterocycles. The zero-order valence-corrected chi connectivity index (χ0v) is 40.0. The second-order valence-corrected chi connectivity index (χ2v) is 19.9. The monoisotopic (exact) mass is 979 g/mol. The van der Waals surface area contributed by atoms with Crippen molar-refractivity contribution in [2.45, 2.75) is 120 Å². The zero-order valence-electron chi connectivity index (χ0n) is 38.3. The molecule has 0 spiro atoms. The summed E-state index contributed by atoms with van der Waals surface area (Å²) in [6.45, 7) is 6.65. The predicted molar refractivity (Wildman–Crippen MR) is 255 cm³/mol. The molecule has 1 aromatic carbocycles. The molecule has 0 radical (unpaired) electrons. The van der Waals surface area contributed by atoms with Crippen molar-refractivity contribution in [3.63, 3.8) is 0 Å². The highest BCUT2D eigenvalue weighted by Crippen LogP contribution is 2.35. The molecule has 26 heteroatoms. The first-order valence-corrected chi connectivity index (χ1v) is 24.1. The topological polar surface area (TPSA) is 417 Å². The minimum atomic E-state index is -1.62. The van der Waals surface area contributed by atoms with Crippen LogP contribution in [0.3, 0.4) is 0 Å². The lowest BCUT2D eigenvalue weighted by atomic mass is 9.97. The van der Waals surface area contributed by atoms with Crippen molar-refractivity contribution < 1.29 is 43.5 Å². The van der Waals surface area contributed by atoms with E-state index in [1.54, 1.807) is 58.0 Å². The molecule has 1 unspecified atom stereocenters. The summed E-state index contributed by atoms with van der Waals surface area (Å²) in [5.41, 5.74) is 23.0. The van der Waals surface area contributed by atoms with Gasteiger partial charge in [0, 0.05) is 36.6 Å². The van der Waals surface area contributed by atoms with Crippen molar-refractivity contribution in [2.75, 3.05) is 31.9 Å². The van der Waals surface area contributed by atoms with E-state index in [1.165, 1.54) is 21.6 Å². The summed E-state index contributed by atoms with van der Waals surface area (Å²) in [5.74, 6) is -7.32. The van der Waals surface area contributed by atoms with E-state index in [0.717, 1.165) is 0 Å². The van der Waals surface area contributed by atoms with Crippen LogP contribution in [0.1, 0.15) is 71.8 Å². The Morgan fingerprint density at radius 3 is 2.04 bits per heavy atom. The summed E-state index contributed by atoms with van der Waals surface area (Å²) in [7, 11) is 2.49. The van der Waals surface area contributed by atoms with Gasteiger partial charge in [-0.15, -0.1) is 0 Å². The minimum absolute atomic E-state index is 0.0119. The molecule has 24 nitrogen and oxygen atoms in total. The number of benzene rings is 1. The van der Waals surface area contributed by atoms with Gasteiger partial charge in [0.1, 0.15) is 30.2 Å². The van der Waals surface area contributed by atoms with Crippen LogP contribution in [0.15, 0.2) is 30.3 Å². The summed E-state index contributed by atoms with van der Waals surface area (Å²) < 4.78 is -0.711. The Balaban J connectivity index is 2.47. The first-order chi connectivity index (χ1) is 31.5. The molecule has 1 aliphatic heterocycles. The third kappa shape index (κ3) is 22.9. The number of carbonyl (C=O) groups is 8. The second kappa shape index (κ2) is 29.0. The van der Waals surface area contributed by atoms with Crippen LogP contribution in [-0.4, -0.2) is 143 Å². The molecule has 1 fully saturated rings. The van der Waals surface area contributed by atoms with Crippen LogP contribution in [0.25, 0.3) is 0 Å². The van der Waals surface area contributed by atoms with E-state index in [0.29, 0.717) is 5.56 Å². The Labute approximate surface area is 398 Å². The molecule has 20 N–H and O–H groups in total. The van der Waals surface area contributed by atoms with Crippen molar-refractivity contribution in [1.82, 2.24) is 47.9 Å². The summed E-state index contributed by atoms with van der Waals surface area (Å²) in [4.78, 5) is 108. The average Bonchev–Trinajstić information content (AvgIpc) is 3.25. The quantitative estimate of drug-likeness (QED) is 0.0258. The number of nitrogens with one attached hydrogen (secondary N) is 11. The molecule has 374 valence electrons. The van der Waals surface area contributed by atoms with Crippen LogP contribution < -0.4 is 70.8 Å². The zero-order chi connectivity index (χ0) is 50.3. The van der Waals surface area contributed by atoms with Gasteiger partial charge in [0.2, 0.25) is 47.3 Å². The number of carbonyl (C=O) groups excluding carboxylic acids is 8. The second-order valence-electron chi connectivity index (χ2n) is 16.8. The van der Waals surface area contributed by atoms with Gasteiger partial charge in [-0.1, -0.05) is 58.8 Å². The van der Waals surface area contributed by atoms with Gasteiger partial charge in [-0.05, 0) is 64.4 Å². The van der Waals surface area contributed by atoms with E-state index in [-0.39, 0.29) is 81.7 Å². The van der Waals surface area contributed by atoms with Crippen molar-refractivity contribution in [3.05, 3.63) is 35.9 Å². The van der Waals surface area contributed by atoms with Crippen LogP contribution >= 0.6 is 21.6 Å². The maximum atomic E-state index is 14.2.